The fourth-order valence-electron chi connectivity index (χ4n) is 1.26. The van der Waals surface area contributed by atoms with Gasteiger partial charge in [-0.15, -0.1) is 0 Å². The van der Waals surface area contributed by atoms with Gasteiger partial charge in [-0.05, 0) is 18.2 Å². The average molecular weight is 231 g/mol. The van der Waals surface area contributed by atoms with E-state index in [4.69, 9.17) is 4.42 Å². The van der Waals surface area contributed by atoms with E-state index in [1.807, 2.05) is 0 Å². The highest BCUT2D eigenvalue weighted by Gasteiger charge is 2.10. The van der Waals surface area contributed by atoms with Crippen LogP contribution in [0, 0.1) is 10.1 Å². The second-order valence-electron chi connectivity index (χ2n) is 3.16. The number of rotatable bonds is 4. The first-order valence-electron chi connectivity index (χ1n) is 4.83. The highest BCUT2D eigenvalue weighted by Crippen LogP contribution is 2.22. The Bertz CT molecular complexity index is 535. The summed E-state index contributed by atoms with van der Waals surface area (Å²) in [5, 5.41) is 14.6. The maximum atomic E-state index is 10.7. The lowest BCUT2D eigenvalue weighted by atomic mass is 10.3. The summed E-state index contributed by atoms with van der Waals surface area (Å²) in [7, 11) is 0. The molecule has 0 aliphatic carbocycles. The van der Waals surface area contributed by atoms with Crippen molar-refractivity contribution in [3.05, 3.63) is 58.5 Å². The Morgan fingerprint density at radius 1 is 1.29 bits per heavy atom. The lowest BCUT2D eigenvalue weighted by Crippen LogP contribution is -1.96. The molecule has 1 heterocycles. The van der Waals surface area contributed by atoms with Gasteiger partial charge in [0.05, 0.1) is 17.4 Å². The quantitative estimate of drug-likeness (QED) is 0.498. The molecule has 0 radical (unpaired) electrons. The van der Waals surface area contributed by atoms with Gasteiger partial charge in [-0.2, -0.15) is 5.10 Å². The van der Waals surface area contributed by atoms with E-state index < -0.39 is 4.92 Å². The number of benzene rings is 1. The van der Waals surface area contributed by atoms with Crippen LogP contribution in [0.5, 0.6) is 0 Å². The van der Waals surface area contributed by atoms with Crippen molar-refractivity contribution in [2.75, 3.05) is 5.43 Å². The average Bonchev–Trinajstić information content (AvgIpc) is 2.82. The largest absolute Gasteiger partial charge is 0.463 e. The molecule has 6 nitrogen and oxygen atoms in total. The second-order valence-corrected chi connectivity index (χ2v) is 3.16. The van der Waals surface area contributed by atoms with Crippen molar-refractivity contribution < 1.29 is 9.34 Å². The monoisotopic (exact) mass is 231 g/mol. The lowest BCUT2D eigenvalue weighted by Gasteiger charge is -2.00. The van der Waals surface area contributed by atoms with E-state index in [2.05, 4.69) is 10.5 Å². The molecule has 2 rings (SSSR count). The SMILES string of the molecule is O=[N+]([O-])c1ccccc1NN=Cc1ccco1. The van der Waals surface area contributed by atoms with Crippen LogP contribution in [0.15, 0.2) is 52.2 Å². The molecule has 2 aromatic rings. The summed E-state index contributed by atoms with van der Waals surface area (Å²) in [4.78, 5) is 10.2. The minimum Gasteiger partial charge on any atom is -0.463 e. The molecule has 0 aliphatic heterocycles. The van der Waals surface area contributed by atoms with E-state index in [-0.39, 0.29) is 5.69 Å². The van der Waals surface area contributed by atoms with E-state index in [0.29, 0.717) is 11.4 Å². The third-order valence-electron chi connectivity index (χ3n) is 2.02. The molecule has 0 spiro atoms. The van der Waals surface area contributed by atoms with Crippen LogP contribution in [0.1, 0.15) is 5.76 Å². The van der Waals surface area contributed by atoms with Crippen molar-refractivity contribution in [1.82, 2.24) is 0 Å². The Labute approximate surface area is 96.7 Å². The number of hydrogen-bond donors (Lipinski definition) is 1. The Hall–Kier alpha value is -2.63. The summed E-state index contributed by atoms with van der Waals surface area (Å²) in [5.41, 5.74) is 2.91. The molecule has 0 unspecified atom stereocenters. The molecule has 0 atom stereocenters. The number of nitrogens with one attached hydrogen (secondary N) is 1. The molecule has 0 bridgehead atoms. The van der Waals surface area contributed by atoms with Gasteiger partial charge in [0.25, 0.3) is 5.69 Å². The van der Waals surface area contributed by atoms with Gasteiger partial charge in [0.2, 0.25) is 0 Å². The highest BCUT2D eigenvalue weighted by molar-refractivity contribution is 5.77. The van der Waals surface area contributed by atoms with Crippen molar-refractivity contribution in [3.8, 4) is 0 Å². The molecule has 86 valence electrons. The number of hydrogen-bond acceptors (Lipinski definition) is 5. The van der Waals surface area contributed by atoms with E-state index >= 15 is 0 Å². The molecular formula is C11H9N3O3. The Morgan fingerprint density at radius 2 is 2.12 bits per heavy atom. The van der Waals surface area contributed by atoms with Gasteiger partial charge in [-0.1, -0.05) is 12.1 Å². The highest BCUT2D eigenvalue weighted by atomic mass is 16.6. The third-order valence-corrected chi connectivity index (χ3v) is 2.02. The van der Waals surface area contributed by atoms with Crippen molar-refractivity contribution in [3.63, 3.8) is 0 Å². The number of nitro benzene ring substituents is 1. The maximum Gasteiger partial charge on any atom is 0.294 e. The number of nitrogens with zero attached hydrogens (tertiary/aromatic N) is 2. The summed E-state index contributed by atoms with van der Waals surface area (Å²) >= 11 is 0. The molecule has 0 amide bonds. The lowest BCUT2D eigenvalue weighted by molar-refractivity contribution is -0.384. The van der Waals surface area contributed by atoms with Crippen molar-refractivity contribution in [2.45, 2.75) is 0 Å². The number of furan rings is 1. The van der Waals surface area contributed by atoms with E-state index in [1.54, 1.807) is 30.3 Å². The minimum atomic E-state index is -0.468. The number of anilines is 1. The normalized spacial score (nSPS) is 10.6. The molecule has 0 saturated heterocycles. The fourth-order valence-corrected chi connectivity index (χ4v) is 1.26. The van der Waals surface area contributed by atoms with Crippen molar-refractivity contribution in [2.24, 2.45) is 5.10 Å². The first-order valence-corrected chi connectivity index (χ1v) is 4.83. The van der Waals surface area contributed by atoms with Gasteiger partial charge in [-0.3, -0.25) is 15.5 Å². The van der Waals surface area contributed by atoms with E-state index in [0.717, 1.165) is 0 Å². The Kier molecular flexibility index (Phi) is 3.15. The summed E-state index contributed by atoms with van der Waals surface area (Å²) in [6.45, 7) is 0. The van der Waals surface area contributed by atoms with Crippen LogP contribution in [-0.4, -0.2) is 11.1 Å². The van der Waals surface area contributed by atoms with Crippen LogP contribution in [-0.2, 0) is 0 Å². The number of nitro groups is 1. The Balaban J connectivity index is 2.11. The molecule has 1 N–H and O–H groups in total. The fraction of sp³-hybridized carbons (Fsp3) is 0. The van der Waals surface area contributed by atoms with Crippen LogP contribution in [0.4, 0.5) is 11.4 Å². The zero-order chi connectivity index (χ0) is 12.1. The zero-order valence-corrected chi connectivity index (χ0v) is 8.74. The van der Waals surface area contributed by atoms with Gasteiger partial charge in [-0.25, -0.2) is 0 Å². The summed E-state index contributed by atoms with van der Waals surface area (Å²) in [5.74, 6) is 0.566. The van der Waals surface area contributed by atoms with Crippen molar-refractivity contribution in [1.29, 1.82) is 0 Å². The Morgan fingerprint density at radius 3 is 2.82 bits per heavy atom. The van der Waals surface area contributed by atoms with Gasteiger partial charge in [0.1, 0.15) is 11.4 Å². The maximum absolute atomic E-state index is 10.7. The van der Waals surface area contributed by atoms with Crippen LogP contribution in [0.3, 0.4) is 0 Å². The minimum absolute atomic E-state index is 0.0240. The van der Waals surface area contributed by atoms with Crippen molar-refractivity contribution >= 4 is 17.6 Å². The molecule has 0 fully saturated rings. The van der Waals surface area contributed by atoms with Crippen LogP contribution >= 0.6 is 0 Å². The van der Waals surface area contributed by atoms with E-state index in [9.17, 15) is 10.1 Å². The summed E-state index contributed by atoms with van der Waals surface area (Å²) in [6, 6.07) is 9.73. The molecule has 6 heteroatoms. The molecule has 1 aromatic heterocycles. The summed E-state index contributed by atoms with van der Waals surface area (Å²) < 4.78 is 5.03. The molecular weight excluding hydrogens is 222 g/mol. The molecule has 0 aliphatic rings. The predicted molar refractivity (Wildman–Crippen MR) is 63.0 cm³/mol. The first-order chi connectivity index (χ1) is 8.27. The summed E-state index contributed by atoms with van der Waals surface area (Å²) in [6.07, 6.45) is 2.96. The standard InChI is InChI=1S/C11H9N3O3/c15-14(16)11-6-2-1-5-10(11)13-12-8-9-4-3-7-17-9/h1-8,13H. The smallest absolute Gasteiger partial charge is 0.294 e. The number of para-hydroxylation sites is 2. The van der Waals surface area contributed by atoms with Gasteiger partial charge in [0.15, 0.2) is 0 Å². The van der Waals surface area contributed by atoms with Crippen LogP contribution in [0.25, 0.3) is 0 Å². The predicted octanol–water partition coefficient (Wildman–Crippen LogP) is 2.63. The van der Waals surface area contributed by atoms with Gasteiger partial charge >= 0.3 is 0 Å². The molecule has 1 aromatic carbocycles. The van der Waals surface area contributed by atoms with Crippen LogP contribution < -0.4 is 5.43 Å². The van der Waals surface area contributed by atoms with Gasteiger partial charge < -0.3 is 4.42 Å². The topological polar surface area (TPSA) is 80.7 Å². The molecule has 0 saturated carbocycles. The second kappa shape index (κ2) is 4.93. The number of hydrazone groups is 1. The van der Waals surface area contributed by atoms with Crippen LogP contribution in [0.2, 0.25) is 0 Å². The third kappa shape index (κ3) is 2.69. The van der Waals surface area contributed by atoms with E-state index in [1.165, 1.54) is 18.5 Å². The first kappa shape index (κ1) is 10.9. The zero-order valence-electron chi connectivity index (χ0n) is 8.74. The molecule has 17 heavy (non-hydrogen) atoms. The van der Waals surface area contributed by atoms with Gasteiger partial charge in [0, 0.05) is 6.07 Å².